The summed E-state index contributed by atoms with van der Waals surface area (Å²) < 4.78 is 0. The maximum absolute atomic E-state index is 8.62. The zero-order valence-corrected chi connectivity index (χ0v) is 9.59. The predicted octanol–water partition coefficient (Wildman–Crippen LogP) is 1.65. The zero-order valence-electron chi connectivity index (χ0n) is 8.59. The average Bonchev–Trinajstić information content (AvgIpc) is 2.01. The van der Waals surface area contributed by atoms with Crippen LogP contribution in [0.2, 0.25) is 19.6 Å². The third-order valence-electron chi connectivity index (χ3n) is 1.97. The third-order valence-corrected chi connectivity index (χ3v) is 4.47. The van der Waals surface area contributed by atoms with Crippen molar-refractivity contribution < 1.29 is 0 Å². The molecule has 1 atom stereocenters. The van der Waals surface area contributed by atoms with Crippen LogP contribution in [0.5, 0.6) is 0 Å². The predicted molar refractivity (Wildman–Crippen MR) is 55.6 cm³/mol. The molecule has 0 aliphatic carbocycles. The first-order valence-corrected chi connectivity index (χ1v) is 8.07. The molecule has 0 aromatic heterocycles. The number of hydrogen-bond donors (Lipinski definition) is 1. The molecule has 0 amide bonds. The standard InChI is InChI=1S/C9H17N3Si/c1-13(2,3)9(5-7-11)12-8-4-6-10/h9,12H,4-5,8H2,1-3H3. The van der Waals surface area contributed by atoms with Gasteiger partial charge in [-0.15, -0.1) is 0 Å². The highest BCUT2D eigenvalue weighted by Crippen LogP contribution is 2.10. The van der Waals surface area contributed by atoms with Crippen molar-refractivity contribution >= 4 is 8.07 Å². The third kappa shape index (κ3) is 5.40. The average molecular weight is 195 g/mol. The Kier molecular flexibility index (Phi) is 5.37. The summed E-state index contributed by atoms with van der Waals surface area (Å²) in [5, 5.41) is 20.3. The molecule has 0 radical (unpaired) electrons. The molecule has 0 aromatic rings. The molecule has 1 N–H and O–H groups in total. The first kappa shape index (κ1) is 12.2. The summed E-state index contributed by atoms with van der Waals surface area (Å²) in [6, 6.07) is 4.28. The molecule has 0 aliphatic rings. The Morgan fingerprint density at radius 2 is 1.85 bits per heavy atom. The molecule has 0 rings (SSSR count). The first-order valence-electron chi connectivity index (χ1n) is 4.49. The van der Waals surface area contributed by atoms with E-state index < -0.39 is 8.07 Å². The fraction of sp³-hybridized carbons (Fsp3) is 0.778. The zero-order chi connectivity index (χ0) is 10.3. The molecule has 0 heterocycles. The largest absolute Gasteiger partial charge is 0.314 e. The van der Waals surface area contributed by atoms with E-state index in [2.05, 4.69) is 37.1 Å². The minimum atomic E-state index is -1.30. The molecule has 0 fully saturated rings. The highest BCUT2D eigenvalue weighted by Gasteiger charge is 2.25. The fourth-order valence-electron chi connectivity index (χ4n) is 1.08. The van der Waals surface area contributed by atoms with E-state index in [9.17, 15) is 0 Å². The number of hydrogen-bond acceptors (Lipinski definition) is 3. The Hall–Kier alpha value is -0.843. The Morgan fingerprint density at radius 1 is 1.23 bits per heavy atom. The van der Waals surface area contributed by atoms with Gasteiger partial charge in [-0.2, -0.15) is 10.5 Å². The van der Waals surface area contributed by atoms with Gasteiger partial charge in [-0.1, -0.05) is 19.6 Å². The van der Waals surface area contributed by atoms with Gasteiger partial charge in [0.2, 0.25) is 0 Å². The highest BCUT2D eigenvalue weighted by atomic mass is 28.3. The van der Waals surface area contributed by atoms with Crippen molar-refractivity contribution in [2.45, 2.75) is 38.1 Å². The number of nitrogens with one attached hydrogen (secondary N) is 1. The van der Waals surface area contributed by atoms with Crippen LogP contribution >= 0.6 is 0 Å². The van der Waals surface area contributed by atoms with E-state index in [1.165, 1.54) is 0 Å². The van der Waals surface area contributed by atoms with Crippen molar-refractivity contribution in [1.29, 1.82) is 10.5 Å². The van der Waals surface area contributed by atoms with E-state index >= 15 is 0 Å². The molecule has 13 heavy (non-hydrogen) atoms. The topological polar surface area (TPSA) is 59.6 Å². The molecule has 0 bridgehead atoms. The van der Waals surface area contributed by atoms with Crippen molar-refractivity contribution in [2.75, 3.05) is 6.54 Å². The minimum absolute atomic E-state index is 0.311. The van der Waals surface area contributed by atoms with Gasteiger partial charge >= 0.3 is 0 Å². The summed E-state index contributed by atoms with van der Waals surface area (Å²) >= 11 is 0. The Morgan fingerprint density at radius 3 is 2.23 bits per heavy atom. The van der Waals surface area contributed by atoms with Gasteiger partial charge in [-0.3, -0.25) is 0 Å². The lowest BCUT2D eigenvalue weighted by molar-refractivity contribution is 0.636. The SMILES string of the molecule is C[Si](C)(C)C(CC#N)NCCC#N. The van der Waals surface area contributed by atoms with E-state index in [0.29, 0.717) is 25.1 Å². The second-order valence-corrected chi connectivity index (χ2v) is 9.57. The summed E-state index contributed by atoms with van der Waals surface area (Å²) in [6.07, 6.45) is 1.08. The summed E-state index contributed by atoms with van der Waals surface area (Å²) in [5.74, 6) is 0. The normalized spacial score (nSPS) is 13.0. The van der Waals surface area contributed by atoms with Crippen LogP contribution in [0.25, 0.3) is 0 Å². The Labute approximate surface area is 81.4 Å². The summed E-state index contributed by atoms with van der Waals surface area (Å²) in [4.78, 5) is 0. The van der Waals surface area contributed by atoms with Crippen LogP contribution in [-0.4, -0.2) is 20.3 Å². The van der Waals surface area contributed by atoms with Gasteiger partial charge in [0.1, 0.15) is 0 Å². The van der Waals surface area contributed by atoms with Crippen molar-refractivity contribution in [1.82, 2.24) is 5.32 Å². The van der Waals surface area contributed by atoms with E-state index in [1.54, 1.807) is 0 Å². The molecule has 1 unspecified atom stereocenters. The Bertz CT molecular complexity index is 218. The van der Waals surface area contributed by atoms with E-state index in [0.717, 1.165) is 0 Å². The lowest BCUT2D eigenvalue weighted by Gasteiger charge is -2.27. The number of rotatable bonds is 5. The fourth-order valence-corrected chi connectivity index (χ4v) is 2.54. The van der Waals surface area contributed by atoms with Crippen LogP contribution < -0.4 is 5.32 Å². The van der Waals surface area contributed by atoms with Crippen LogP contribution in [0.3, 0.4) is 0 Å². The van der Waals surface area contributed by atoms with Crippen LogP contribution in [0.1, 0.15) is 12.8 Å². The molecule has 72 valence electrons. The second-order valence-electron chi connectivity index (χ2n) is 4.14. The molecule has 0 saturated carbocycles. The first-order chi connectivity index (χ1) is 6.02. The molecule has 0 aromatic carbocycles. The van der Waals surface area contributed by atoms with Gasteiger partial charge < -0.3 is 5.32 Å². The lowest BCUT2D eigenvalue weighted by Crippen LogP contribution is -2.48. The summed E-state index contributed by atoms with van der Waals surface area (Å²) in [5.41, 5.74) is 0.311. The summed E-state index contributed by atoms with van der Waals surface area (Å²) in [7, 11) is -1.30. The van der Waals surface area contributed by atoms with E-state index in [1.807, 2.05) is 0 Å². The van der Waals surface area contributed by atoms with Gasteiger partial charge in [0.15, 0.2) is 0 Å². The minimum Gasteiger partial charge on any atom is -0.314 e. The van der Waals surface area contributed by atoms with Crippen molar-refractivity contribution in [3.8, 4) is 12.1 Å². The van der Waals surface area contributed by atoms with Gasteiger partial charge in [-0.25, -0.2) is 0 Å². The maximum atomic E-state index is 8.62. The van der Waals surface area contributed by atoms with Gasteiger partial charge in [0, 0.05) is 25.1 Å². The maximum Gasteiger partial charge on any atom is 0.0648 e. The van der Waals surface area contributed by atoms with Crippen molar-refractivity contribution in [3.63, 3.8) is 0 Å². The quantitative estimate of drug-likeness (QED) is 0.536. The molecule has 0 saturated heterocycles. The van der Waals surface area contributed by atoms with Gasteiger partial charge in [-0.05, 0) is 0 Å². The monoisotopic (exact) mass is 195 g/mol. The Balaban J connectivity index is 3.99. The summed E-state index contributed by atoms with van der Waals surface area (Å²) in [6.45, 7) is 7.39. The van der Waals surface area contributed by atoms with Crippen molar-refractivity contribution in [3.05, 3.63) is 0 Å². The molecular formula is C9H17N3Si. The van der Waals surface area contributed by atoms with Crippen LogP contribution in [0.4, 0.5) is 0 Å². The molecule has 3 nitrogen and oxygen atoms in total. The second kappa shape index (κ2) is 5.74. The van der Waals surface area contributed by atoms with Crippen LogP contribution in [-0.2, 0) is 0 Å². The number of nitrogens with zero attached hydrogens (tertiary/aromatic N) is 2. The smallest absolute Gasteiger partial charge is 0.0648 e. The van der Waals surface area contributed by atoms with Crippen molar-refractivity contribution in [2.24, 2.45) is 0 Å². The van der Waals surface area contributed by atoms with Gasteiger partial charge in [0.05, 0.1) is 20.2 Å². The molecular weight excluding hydrogens is 178 g/mol. The van der Waals surface area contributed by atoms with E-state index in [4.69, 9.17) is 10.5 Å². The van der Waals surface area contributed by atoms with E-state index in [-0.39, 0.29) is 0 Å². The molecule has 0 spiro atoms. The lowest BCUT2D eigenvalue weighted by atomic mass is 10.4. The van der Waals surface area contributed by atoms with Crippen LogP contribution in [0.15, 0.2) is 0 Å². The molecule has 4 heteroatoms. The number of nitriles is 2. The highest BCUT2D eigenvalue weighted by molar-refractivity contribution is 6.77. The molecule has 0 aliphatic heterocycles. The van der Waals surface area contributed by atoms with Gasteiger partial charge in [0.25, 0.3) is 0 Å². The van der Waals surface area contributed by atoms with Crippen LogP contribution in [0, 0.1) is 22.7 Å².